The van der Waals surface area contributed by atoms with Crippen LogP contribution in [0, 0.1) is 6.92 Å². The summed E-state index contributed by atoms with van der Waals surface area (Å²) in [5, 5.41) is 11.0. The monoisotopic (exact) mass is 245 g/mol. The number of rotatable bonds is 1. The van der Waals surface area contributed by atoms with Crippen LogP contribution in [0.2, 0.25) is 0 Å². The molecule has 1 aliphatic rings. The first-order valence-electron chi connectivity index (χ1n) is 5.99. The van der Waals surface area contributed by atoms with E-state index in [4.69, 9.17) is 0 Å². The van der Waals surface area contributed by atoms with Crippen molar-refractivity contribution in [1.29, 1.82) is 0 Å². The number of aliphatic hydroxyl groups is 1. The Morgan fingerprint density at radius 2 is 2.18 bits per heavy atom. The van der Waals surface area contributed by atoms with Crippen molar-refractivity contribution in [3.05, 3.63) is 40.4 Å². The molecular formula is C14H15NOS. The zero-order valence-electron chi connectivity index (χ0n) is 9.81. The second-order valence-electron chi connectivity index (χ2n) is 4.55. The molecule has 17 heavy (non-hydrogen) atoms. The maximum atomic E-state index is 9.94. The number of nitrogens with zero attached hydrogens (tertiary/aromatic N) is 1. The molecule has 0 bridgehead atoms. The topological polar surface area (TPSA) is 33.1 Å². The predicted octanol–water partition coefficient (Wildman–Crippen LogP) is 3.49. The molecular weight excluding hydrogens is 230 g/mol. The van der Waals surface area contributed by atoms with Gasteiger partial charge in [-0.2, -0.15) is 0 Å². The van der Waals surface area contributed by atoms with Gasteiger partial charge in [0.1, 0.15) is 5.01 Å². The average molecular weight is 245 g/mol. The van der Waals surface area contributed by atoms with Crippen LogP contribution in [0.4, 0.5) is 0 Å². The molecule has 0 radical (unpaired) electrons. The molecule has 1 atom stereocenters. The lowest BCUT2D eigenvalue weighted by Gasteiger charge is -2.14. The van der Waals surface area contributed by atoms with Gasteiger partial charge in [0, 0.05) is 10.4 Å². The summed E-state index contributed by atoms with van der Waals surface area (Å²) in [7, 11) is 0. The van der Waals surface area contributed by atoms with Gasteiger partial charge in [0.15, 0.2) is 0 Å². The molecule has 0 saturated heterocycles. The molecule has 1 unspecified atom stereocenters. The summed E-state index contributed by atoms with van der Waals surface area (Å²) in [4.78, 5) is 5.90. The van der Waals surface area contributed by atoms with Crippen LogP contribution in [-0.4, -0.2) is 10.1 Å². The fourth-order valence-corrected chi connectivity index (χ4v) is 3.57. The van der Waals surface area contributed by atoms with E-state index >= 15 is 0 Å². The van der Waals surface area contributed by atoms with Crippen LogP contribution in [0.15, 0.2) is 24.3 Å². The molecule has 1 aromatic heterocycles. The van der Waals surface area contributed by atoms with Crippen LogP contribution < -0.4 is 0 Å². The van der Waals surface area contributed by atoms with E-state index in [2.05, 4.69) is 24.0 Å². The normalized spacial score (nSPS) is 19.1. The van der Waals surface area contributed by atoms with Crippen molar-refractivity contribution in [3.8, 4) is 10.6 Å². The lowest BCUT2D eigenvalue weighted by atomic mass is 10.0. The van der Waals surface area contributed by atoms with Crippen molar-refractivity contribution >= 4 is 11.3 Å². The molecule has 0 fully saturated rings. The molecule has 1 N–H and O–H groups in total. The molecule has 1 heterocycles. The minimum Gasteiger partial charge on any atom is -0.387 e. The van der Waals surface area contributed by atoms with Crippen LogP contribution >= 0.6 is 11.3 Å². The highest BCUT2D eigenvalue weighted by Crippen LogP contribution is 2.37. The van der Waals surface area contributed by atoms with Crippen LogP contribution in [0.25, 0.3) is 10.6 Å². The van der Waals surface area contributed by atoms with Crippen LogP contribution in [0.1, 0.15) is 35.1 Å². The minimum absolute atomic E-state index is 0.354. The zero-order chi connectivity index (χ0) is 11.8. The third kappa shape index (κ3) is 1.90. The van der Waals surface area contributed by atoms with E-state index in [1.165, 1.54) is 16.0 Å². The van der Waals surface area contributed by atoms with Gasteiger partial charge < -0.3 is 5.11 Å². The van der Waals surface area contributed by atoms with Crippen molar-refractivity contribution in [2.45, 2.75) is 32.3 Å². The maximum Gasteiger partial charge on any atom is 0.124 e. The molecule has 3 rings (SSSR count). The van der Waals surface area contributed by atoms with Crippen LogP contribution in [-0.2, 0) is 6.42 Å². The van der Waals surface area contributed by atoms with Gasteiger partial charge in [-0.05, 0) is 31.7 Å². The highest BCUT2D eigenvalue weighted by Gasteiger charge is 2.23. The quantitative estimate of drug-likeness (QED) is 0.834. The largest absolute Gasteiger partial charge is 0.387 e. The Hall–Kier alpha value is -1.19. The first-order chi connectivity index (χ1) is 8.25. The Labute approximate surface area is 105 Å². The van der Waals surface area contributed by atoms with Gasteiger partial charge >= 0.3 is 0 Å². The number of thiazole rings is 1. The molecule has 0 saturated carbocycles. The second kappa shape index (κ2) is 4.24. The summed E-state index contributed by atoms with van der Waals surface area (Å²) < 4.78 is 0. The van der Waals surface area contributed by atoms with E-state index < -0.39 is 0 Å². The van der Waals surface area contributed by atoms with Crippen molar-refractivity contribution < 1.29 is 5.11 Å². The maximum absolute atomic E-state index is 9.94. The van der Waals surface area contributed by atoms with Crippen molar-refractivity contribution in [2.24, 2.45) is 0 Å². The van der Waals surface area contributed by atoms with Gasteiger partial charge in [-0.1, -0.05) is 24.3 Å². The van der Waals surface area contributed by atoms with Crippen LogP contribution in [0.5, 0.6) is 0 Å². The number of aliphatic hydroxyl groups excluding tert-OH is 1. The SMILES string of the molecule is Cc1ccccc1-c1nc2c(s1)CCCC2O. The van der Waals surface area contributed by atoms with Gasteiger partial charge in [0.05, 0.1) is 11.8 Å². The lowest BCUT2D eigenvalue weighted by molar-refractivity contribution is 0.153. The summed E-state index contributed by atoms with van der Waals surface area (Å²) >= 11 is 1.74. The third-order valence-corrected chi connectivity index (χ3v) is 4.46. The number of aromatic nitrogens is 1. The average Bonchev–Trinajstić information content (AvgIpc) is 2.75. The summed E-state index contributed by atoms with van der Waals surface area (Å²) in [6, 6.07) is 8.29. The van der Waals surface area contributed by atoms with E-state index in [1.807, 2.05) is 12.1 Å². The molecule has 0 spiro atoms. The predicted molar refractivity (Wildman–Crippen MR) is 70.2 cm³/mol. The van der Waals surface area contributed by atoms with Crippen molar-refractivity contribution in [2.75, 3.05) is 0 Å². The molecule has 2 aromatic rings. The molecule has 0 amide bonds. The molecule has 2 nitrogen and oxygen atoms in total. The van der Waals surface area contributed by atoms with Gasteiger partial charge in [-0.25, -0.2) is 4.98 Å². The Bertz CT molecular complexity index is 547. The smallest absolute Gasteiger partial charge is 0.124 e. The van der Waals surface area contributed by atoms with Gasteiger partial charge in [0.25, 0.3) is 0 Å². The van der Waals surface area contributed by atoms with E-state index in [-0.39, 0.29) is 6.10 Å². The number of benzene rings is 1. The van der Waals surface area contributed by atoms with Crippen molar-refractivity contribution in [3.63, 3.8) is 0 Å². The summed E-state index contributed by atoms with van der Waals surface area (Å²) in [6.45, 7) is 2.10. The van der Waals surface area contributed by atoms with E-state index in [1.54, 1.807) is 11.3 Å². The van der Waals surface area contributed by atoms with E-state index in [9.17, 15) is 5.11 Å². The first kappa shape index (κ1) is 10.9. The summed E-state index contributed by atoms with van der Waals surface area (Å²) in [5.41, 5.74) is 3.35. The lowest BCUT2D eigenvalue weighted by Crippen LogP contribution is -2.07. The van der Waals surface area contributed by atoms with Crippen molar-refractivity contribution in [1.82, 2.24) is 4.98 Å². The minimum atomic E-state index is -0.354. The Morgan fingerprint density at radius 3 is 2.94 bits per heavy atom. The fourth-order valence-electron chi connectivity index (χ4n) is 2.32. The van der Waals surface area contributed by atoms with Gasteiger partial charge in [-0.3, -0.25) is 0 Å². The van der Waals surface area contributed by atoms with Gasteiger partial charge in [0.2, 0.25) is 0 Å². The Morgan fingerprint density at radius 1 is 1.35 bits per heavy atom. The molecule has 1 aromatic carbocycles. The fraction of sp³-hybridized carbons (Fsp3) is 0.357. The molecule has 88 valence electrons. The highest BCUT2D eigenvalue weighted by molar-refractivity contribution is 7.15. The standard InChI is InChI=1S/C14H15NOS/c1-9-5-2-3-6-10(9)14-15-13-11(16)7-4-8-12(13)17-14/h2-3,5-6,11,16H,4,7-8H2,1H3. The summed E-state index contributed by atoms with van der Waals surface area (Å²) in [5.74, 6) is 0. The zero-order valence-corrected chi connectivity index (χ0v) is 10.6. The third-order valence-electron chi connectivity index (χ3n) is 3.30. The number of hydrogen-bond donors (Lipinski definition) is 1. The Kier molecular flexibility index (Phi) is 2.73. The number of hydrogen-bond acceptors (Lipinski definition) is 3. The second-order valence-corrected chi connectivity index (χ2v) is 5.63. The van der Waals surface area contributed by atoms with E-state index in [0.717, 1.165) is 30.0 Å². The Balaban J connectivity index is 2.08. The molecule has 3 heteroatoms. The van der Waals surface area contributed by atoms with E-state index in [0.29, 0.717) is 0 Å². The summed E-state index contributed by atoms with van der Waals surface area (Å²) in [6.07, 6.45) is 2.64. The molecule has 0 aliphatic heterocycles. The molecule has 1 aliphatic carbocycles. The number of aryl methyl sites for hydroxylation is 2. The van der Waals surface area contributed by atoms with Crippen LogP contribution in [0.3, 0.4) is 0 Å². The van der Waals surface area contributed by atoms with Gasteiger partial charge in [-0.15, -0.1) is 11.3 Å². The highest BCUT2D eigenvalue weighted by atomic mass is 32.1. The first-order valence-corrected chi connectivity index (χ1v) is 6.81. The number of fused-ring (bicyclic) bond motifs is 1.